The van der Waals surface area contributed by atoms with E-state index in [1.165, 1.54) is 12.1 Å². The molecular weight excluding hydrogens is 252 g/mol. The van der Waals surface area contributed by atoms with Gasteiger partial charge in [0.1, 0.15) is 5.82 Å². The first-order chi connectivity index (χ1) is 8.50. The molecule has 1 aromatic heterocycles. The van der Waals surface area contributed by atoms with Gasteiger partial charge in [0.15, 0.2) is 0 Å². The van der Waals surface area contributed by atoms with Crippen molar-refractivity contribution < 1.29 is 13.0 Å². The van der Waals surface area contributed by atoms with Gasteiger partial charge in [0.25, 0.3) is 10.1 Å². The Kier molecular flexibility index (Phi) is 3.68. The van der Waals surface area contributed by atoms with Crippen LogP contribution in [0.2, 0.25) is 0 Å². The molecule has 0 bridgehead atoms. The molecule has 18 heavy (non-hydrogen) atoms. The minimum absolute atomic E-state index is 0.112. The Labute approximate surface area is 106 Å². The minimum Gasteiger partial charge on any atom is -0.342 e. The van der Waals surface area contributed by atoms with Gasteiger partial charge in [-0.05, 0) is 24.6 Å². The van der Waals surface area contributed by atoms with Crippen LogP contribution in [0.5, 0.6) is 0 Å². The number of H-pyrrole nitrogens is 1. The maximum Gasteiger partial charge on any atom is 0.294 e. The van der Waals surface area contributed by atoms with E-state index in [0.717, 1.165) is 31.5 Å². The Morgan fingerprint density at radius 1 is 1.33 bits per heavy atom. The van der Waals surface area contributed by atoms with E-state index < -0.39 is 10.1 Å². The van der Waals surface area contributed by atoms with E-state index in [1.54, 1.807) is 6.07 Å². The molecule has 0 amide bonds. The van der Waals surface area contributed by atoms with Crippen molar-refractivity contribution >= 4 is 21.2 Å². The number of aryl methyl sites for hydroxylation is 1. The predicted molar refractivity (Wildman–Crippen MR) is 69.1 cm³/mol. The molecule has 0 atom stereocenters. The fraction of sp³-hybridized carbons (Fsp3) is 0.417. The van der Waals surface area contributed by atoms with E-state index in [2.05, 4.69) is 16.9 Å². The molecule has 2 aromatic rings. The number of nitrogens with one attached hydrogen (secondary N) is 1. The van der Waals surface area contributed by atoms with E-state index in [9.17, 15) is 8.42 Å². The zero-order valence-electron chi connectivity index (χ0n) is 10.2. The Balaban J connectivity index is 2.28. The lowest BCUT2D eigenvalue weighted by Crippen LogP contribution is -1.97. The van der Waals surface area contributed by atoms with Crippen molar-refractivity contribution in [3.05, 3.63) is 24.0 Å². The van der Waals surface area contributed by atoms with E-state index >= 15 is 0 Å². The average molecular weight is 268 g/mol. The van der Waals surface area contributed by atoms with E-state index in [4.69, 9.17) is 4.55 Å². The zero-order valence-corrected chi connectivity index (χ0v) is 11.0. The third-order valence-corrected chi connectivity index (χ3v) is 3.67. The van der Waals surface area contributed by atoms with Crippen LogP contribution in [0, 0.1) is 0 Å². The van der Waals surface area contributed by atoms with Crippen molar-refractivity contribution in [2.24, 2.45) is 0 Å². The van der Waals surface area contributed by atoms with E-state index in [1.807, 2.05) is 0 Å². The molecule has 0 fully saturated rings. The van der Waals surface area contributed by atoms with Crippen molar-refractivity contribution in [3.63, 3.8) is 0 Å². The number of hydrogen-bond acceptors (Lipinski definition) is 3. The van der Waals surface area contributed by atoms with Gasteiger partial charge in [0.05, 0.1) is 15.9 Å². The molecule has 2 N–H and O–H groups in total. The summed E-state index contributed by atoms with van der Waals surface area (Å²) in [4.78, 5) is 7.34. The van der Waals surface area contributed by atoms with Gasteiger partial charge >= 0.3 is 0 Å². The summed E-state index contributed by atoms with van der Waals surface area (Å²) in [6.45, 7) is 2.14. The average Bonchev–Trinajstić information content (AvgIpc) is 2.69. The van der Waals surface area contributed by atoms with Crippen LogP contribution in [0.4, 0.5) is 0 Å². The summed E-state index contributed by atoms with van der Waals surface area (Å²) in [7, 11) is -4.15. The molecule has 0 aliphatic rings. The number of aromatic amines is 1. The van der Waals surface area contributed by atoms with Crippen LogP contribution in [0.1, 0.15) is 32.0 Å². The zero-order chi connectivity index (χ0) is 13.2. The highest BCUT2D eigenvalue weighted by atomic mass is 32.2. The molecule has 0 saturated carbocycles. The predicted octanol–water partition coefficient (Wildman–Crippen LogP) is 2.54. The molecule has 5 nitrogen and oxygen atoms in total. The maximum atomic E-state index is 11.0. The van der Waals surface area contributed by atoms with Gasteiger partial charge in [0, 0.05) is 6.42 Å². The molecule has 6 heteroatoms. The number of fused-ring (bicyclic) bond motifs is 1. The normalized spacial score (nSPS) is 12.1. The molecular formula is C12H16N2O3S. The second-order valence-electron chi connectivity index (χ2n) is 4.29. The van der Waals surface area contributed by atoms with Crippen LogP contribution in [0.3, 0.4) is 0 Å². The summed E-state index contributed by atoms with van der Waals surface area (Å²) in [5.41, 5.74) is 1.35. The van der Waals surface area contributed by atoms with Gasteiger partial charge in [-0.25, -0.2) is 4.98 Å². The highest BCUT2D eigenvalue weighted by Crippen LogP contribution is 2.18. The van der Waals surface area contributed by atoms with Crippen LogP contribution >= 0.6 is 0 Å². The first-order valence-corrected chi connectivity index (χ1v) is 7.41. The van der Waals surface area contributed by atoms with Crippen molar-refractivity contribution in [3.8, 4) is 0 Å². The summed E-state index contributed by atoms with van der Waals surface area (Å²) in [5, 5.41) is 0. The summed E-state index contributed by atoms with van der Waals surface area (Å²) >= 11 is 0. The smallest absolute Gasteiger partial charge is 0.294 e. The quantitative estimate of drug-likeness (QED) is 0.644. The van der Waals surface area contributed by atoms with Crippen molar-refractivity contribution in [2.75, 3.05) is 0 Å². The van der Waals surface area contributed by atoms with E-state index in [0.29, 0.717) is 11.0 Å². The molecule has 98 valence electrons. The summed E-state index contributed by atoms with van der Waals surface area (Å²) in [5.74, 6) is 0.853. The number of rotatable bonds is 5. The summed E-state index contributed by atoms with van der Waals surface area (Å²) < 4.78 is 31.0. The SMILES string of the molecule is CCCCCc1nc2ccc(S(=O)(=O)O)cc2[nH]1. The lowest BCUT2D eigenvalue weighted by atomic mass is 10.2. The Morgan fingerprint density at radius 3 is 2.78 bits per heavy atom. The van der Waals surface area contributed by atoms with Gasteiger partial charge in [0.2, 0.25) is 0 Å². The van der Waals surface area contributed by atoms with Gasteiger partial charge in [-0.1, -0.05) is 19.8 Å². The van der Waals surface area contributed by atoms with Crippen molar-refractivity contribution in [2.45, 2.75) is 37.5 Å². The first-order valence-electron chi connectivity index (χ1n) is 5.97. The third-order valence-electron chi connectivity index (χ3n) is 2.82. The molecule has 0 saturated heterocycles. The molecule has 1 aromatic carbocycles. The number of benzene rings is 1. The monoisotopic (exact) mass is 268 g/mol. The van der Waals surface area contributed by atoms with Crippen LogP contribution in [0.15, 0.2) is 23.1 Å². The largest absolute Gasteiger partial charge is 0.342 e. The first kappa shape index (κ1) is 13.0. The van der Waals surface area contributed by atoms with Crippen LogP contribution in [-0.4, -0.2) is 22.9 Å². The number of unbranched alkanes of at least 4 members (excludes halogenated alkanes) is 2. The molecule has 2 rings (SSSR count). The highest BCUT2D eigenvalue weighted by molar-refractivity contribution is 7.85. The second kappa shape index (κ2) is 5.07. The molecule has 0 aliphatic heterocycles. The maximum absolute atomic E-state index is 11.0. The third kappa shape index (κ3) is 2.88. The number of aromatic nitrogens is 2. The topological polar surface area (TPSA) is 83.1 Å². The second-order valence-corrected chi connectivity index (χ2v) is 5.72. The summed E-state index contributed by atoms with van der Waals surface area (Å²) in [6.07, 6.45) is 4.20. The molecule has 1 heterocycles. The van der Waals surface area contributed by atoms with Crippen LogP contribution in [-0.2, 0) is 16.5 Å². The van der Waals surface area contributed by atoms with Gasteiger partial charge in [-0.15, -0.1) is 0 Å². The molecule has 0 spiro atoms. The number of imidazole rings is 1. The molecule has 0 aliphatic carbocycles. The van der Waals surface area contributed by atoms with Gasteiger partial charge in [-0.2, -0.15) is 8.42 Å². The van der Waals surface area contributed by atoms with Gasteiger partial charge < -0.3 is 4.98 Å². The fourth-order valence-electron chi connectivity index (χ4n) is 1.86. The van der Waals surface area contributed by atoms with Crippen LogP contribution in [0.25, 0.3) is 11.0 Å². The van der Waals surface area contributed by atoms with E-state index in [-0.39, 0.29) is 4.90 Å². The highest BCUT2D eigenvalue weighted by Gasteiger charge is 2.11. The number of hydrogen-bond donors (Lipinski definition) is 2. The lowest BCUT2D eigenvalue weighted by Gasteiger charge is -1.95. The molecule has 0 radical (unpaired) electrons. The lowest BCUT2D eigenvalue weighted by molar-refractivity contribution is 0.483. The van der Waals surface area contributed by atoms with Gasteiger partial charge in [-0.3, -0.25) is 4.55 Å². The van der Waals surface area contributed by atoms with Crippen molar-refractivity contribution in [1.29, 1.82) is 0 Å². The summed E-state index contributed by atoms with van der Waals surface area (Å²) in [6, 6.07) is 4.35. The van der Waals surface area contributed by atoms with Crippen molar-refractivity contribution in [1.82, 2.24) is 9.97 Å². The standard InChI is InChI=1S/C12H16N2O3S/c1-2-3-4-5-12-13-10-7-6-9(18(15,16)17)8-11(10)14-12/h6-8H,2-5H2,1H3,(H,13,14)(H,15,16,17). The minimum atomic E-state index is -4.15. The Bertz CT molecular complexity index is 646. The van der Waals surface area contributed by atoms with Crippen LogP contribution < -0.4 is 0 Å². The Hall–Kier alpha value is -1.40. The molecule has 0 unspecified atom stereocenters. The number of nitrogens with zero attached hydrogens (tertiary/aromatic N) is 1. The Morgan fingerprint density at radius 2 is 2.11 bits per heavy atom. The fourth-order valence-corrected chi connectivity index (χ4v) is 2.37.